The van der Waals surface area contributed by atoms with Crippen LogP contribution in [0, 0.1) is 11.3 Å². The van der Waals surface area contributed by atoms with Gasteiger partial charge in [0, 0.05) is 0 Å². The highest BCUT2D eigenvalue weighted by atomic mass is 32.2. The molecule has 0 fully saturated rings. The Bertz CT molecular complexity index is 759. The number of nitriles is 1. The van der Waals surface area contributed by atoms with E-state index < -0.39 is 10.1 Å². The molecular weight excluding hydrogens is 286 g/mol. The van der Waals surface area contributed by atoms with Crippen LogP contribution >= 0.6 is 0 Å². The monoisotopic (exact) mass is 301 g/mol. The van der Waals surface area contributed by atoms with E-state index >= 15 is 0 Å². The Morgan fingerprint density at radius 3 is 2.48 bits per heavy atom. The van der Waals surface area contributed by atoms with E-state index in [0.717, 1.165) is 18.4 Å². The van der Waals surface area contributed by atoms with Gasteiger partial charge in [0.15, 0.2) is 0 Å². The van der Waals surface area contributed by atoms with E-state index in [1.165, 1.54) is 24.3 Å². The molecule has 0 heterocycles. The predicted molar refractivity (Wildman–Crippen MR) is 79.4 cm³/mol. The van der Waals surface area contributed by atoms with Gasteiger partial charge in [-0.15, -0.1) is 0 Å². The molecule has 108 valence electrons. The molecule has 0 aliphatic heterocycles. The molecule has 4 nitrogen and oxygen atoms in total. The first-order chi connectivity index (χ1) is 10.0. The smallest absolute Gasteiger partial charge is 0.339 e. The van der Waals surface area contributed by atoms with Crippen LogP contribution in [0.2, 0.25) is 0 Å². The number of aryl methyl sites for hydroxylation is 1. The fourth-order valence-electron chi connectivity index (χ4n) is 1.90. The fraction of sp³-hybridized carbons (Fsp3) is 0.188. The Hall–Kier alpha value is -2.32. The normalized spacial score (nSPS) is 10.9. The van der Waals surface area contributed by atoms with E-state index in [0.29, 0.717) is 5.56 Å². The molecule has 0 spiro atoms. The lowest BCUT2D eigenvalue weighted by molar-refractivity contribution is 0.486. The third-order valence-corrected chi connectivity index (χ3v) is 4.18. The molecule has 0 N–H and O–H groups in total. The minimum atomic E-state index is -3.88. The summed E-state index contributed by atoms with van der Waals surface area (Å²) >= 11 is 0. The van der Waals surface area contributed by atoms with Crippen molar-refractivity contribution < 1.29 is 12.6 Å². The Kier molecular flexibility index (Phi) is 4.61. The van der Waals surface area contributed by atoms with E-state index in [1.807, 2.05) is 6.07 Å². The van der Waals surface area contributed by atoms with Gasteiger partial charge in [-0.25, -0.2) is 0 Å². The average Bonchev–Trinajstić information content (AvgIpc) is 2.48. The molecule has 0 atom stereocenters. The SMILES string of the molecule is CCCc1ccc(S(=O)(=O)Oc2cccc(C#N)c2)cc1. The molecule has 0 aliphatic carbocycles. The lowest BCUT2D eigenvalue weighted by atomic mass is 10.1. The van der Waals surface area contributed by atoms with Crippen molar-refractivity contribution >= 4 is 10.1 Å². The first-order valence-electron chi connectivity index (χ1n) is 6.59. The maximum absolute atomic E-state index is 12.2. The highest BCUT2D eigenvalue weighted by Gasteiger charge is 2.16. The van der Waals surface area contributed by atoms with Crippen LogP contribution in [0.3, 0.4) is 0 Å². The van der Waals surface area contributed by atoms with Gasteiger partial charge in [-0.2, -0.15) is 13.7 Å². The maximum Gasteiger partial charge on any atom is 0.339 e. The second kappa shape index (κ2) is 6.42. The summed E-state index contributed by atoms with van der Waals surface area (Å²) in [6.45, 7) is 2.07. The molecular formula is C16H15NO3S. The van der Waals surface area contributed by atoms with E-state index in [2.05, 4.69) is 6.92 Å². The van der Waals surface area contributed by atoms with Crippen molar-refractivity contribution in [3.05, 3.63) is 59.7 Å². The van der Waals surface area contributed by atoms with Crippen LogP contribution in [-0.4, -0.2) is 8.42 Å². The minimum absolute atomic E-state index is 0.102. The summed E-state index contributed by atoms with van der Waals surface area (Å²) in [5.74, 6) is 0.131. The van der Waals surface area contributed by atoms with Gasteiger partial charge in [0.25, 0.3) is 0 Å². The Morgan fingerprint density at radius 2 is 1.86 bits per heavy atom. The standard InChI is InChI=1S/C16H15NO3S/c1-2-4-13-7-9-16(10-8-13)21(18,19)20-15-6-3-5-14(11-15)12-17/h3,5-11H,2,4H2,1H3. The zero-order valence-corrected chi connectivity index (χ0v) is 12.4. The quantitative estimate of drug-likeness (QED) is 0.795. The van der Waals surface area contributed by atoms with Crippen molar-refractivity contribution in [1.82, 2.24) is 0 Å². The topological polar surface area (TPSA) is 67.2 Å². The molecule has 2 aromatic carbocycles. The second-order valence-electron chi connectivity index (χ2n) is 4.57. The van der Waals surface area contributed by atoms with Crippen molar-refractivity contribution in [1.29, 1.82) is 5.26 Å². The van der Waals surface area contributed by atoms with E-state index in [-0.39, 0.29) is 10.6 Å². The summed E-state index contributed by atoms with van der Waals surface area (Å²) in [4.78, 5) is 0.102. The van der Waals surface area contributed by atoms with E-state index in [1.54, 1.807) is 24.3 Å². The number of rotatable bonds is 5. The van der Waals surface area contributed by atoms with Gasteiger partial charge in [0.1, 0.15) is 10.6 Å². The predicted octanol–water partition coefficient (Wildman–Crippen LogP) is 3.28. The average molecular weight is 301 g/mol. The Balaban J connectivity index is 2.23. The van der Waals surface area contributed by atoms with E-state index in [9.17, 15) is 8.42 Å². The van der Waals surface area contributed by atoms with Crippen molar-refractivity contribution in [2.24, 2.45) is 0 Å². The lowest BCUT2D eigenvalue weighted by Crippen LogP contribution is -2.09. The molecule has 0 bridgehead atoms. The van der Waals surface area contributed by atoms with Crippen LogP contribution in [0.5, 0.6) is 5.75 Å². The number of hydrogen-bond donors (Lipinski definition) is 0. The molecule has 0 unspecified atom stereocenters. The van der Waals surface area contributed by atoms with Crippen LogP contribution in [0.15, 0.2) is 53.4 Å². The summed E-state index contributed by atoms with van der Waals surface area (Å²) in [6.07, 6.45) is 1.91. The first kappa shape index (κ1) is 15.1. The summed E-state index contributed by atoms with van der Waals surface area (Å²) < 4.78 is 29.4. The summed E-state index contributed by atoms with van der Waals surface area (Å²) in [5.41, 5.74) is 1.43. The fourth-order valence-corrected chi connectivity index (χ4v) is 2.83. The highest BCUT2D eigenvalue weighted by molar-refractivity contribution is 7.87. The van der Waals surface area contributed by atoms with Gasteiger partial charge >= 0.3 is 10.1 Å². The number of hydrogen-bond acceptors (Lipinski definition) is 4. The van der Waals surface area contributed by atoms with Crippen molar-refractivity contribution in [2.75, 3.05) is 0 Å². The Morgan fingerprint density at radius 1 is 1.14 bits per heavy atom. The maximum atomic E-state index is 12.2. The van der Waals surface area contributed by atoms with Gasteiger partial charge in [-0.1, -0.05) is 31.5 Å². The zero-order chi connectivity index (χ0) is 15.3. The lowest BCUT2D eigenvalue weighted by Gasteiger charge is -2.08. The molecule has 0 amide bonds. The van der Waals surface area contributed by atoms with Gasteiger partial charge in [-0.3, -0.25) is 0 Å². The van der Waals surface area contributed by atoms with Crippen LogP contribution < -0.4 is 4.18 Å². The number of benzene rings is 2. The number of nitrogens with zero attached hydrogens (tertiary/aromatic N) is 1. The molecule has 21 heavy (non-hydrogen) atoms. The van der Waals surface area contributed by atoms with Crippen molar-refractivity contribution in [3.8, 4) is 11.8 Å². The minimum Gasteiger partial charge on any atom is -0.379 e. The van der Waals surface area contributed by atoms with E-state index in [4.69, 9.17) is 9.44 Å². The molecule has 0 radical (unpaired) electrons. The first-order valence-corrected chi connectivity index (χ1v) is 7.99. The summed E-state index contributed by atoms with van der Waals surface area (Å²) in [6, 6.07) is 14.6. The van der Waals surface area contributed by atoms with Crippen LogP contribution in [0.4, 0.5) is 0 Å². The molecule has 0 aromatic heterocycles. The highest BCUT2D eigenvalue weighted by Crippen LogP contribution is 2.20. The third-order valence-electron chi connectivity index (χ3n) is 2.92. The van der Waals surface area contributed by atoms with Crippen LogP contribution in [0.25, 0.3) is 0 Å². The van der Waals surface area contributed by atoms with Crippen LogP contribution in [0.1, 0.15) is 24.5 Å². The molecule has 0 saturated heterocycles. The van der Waals surface area contributed by atoms with Gasteiger partial charge < -0.3 is 4.18 Å². The molecule has 2 aromatic rings. The molecule has 5 heteroatoms. The zero-order valence-electron chi connectivity index (χ0n) is 11.6. The summed E-state index contributed by atoms with van der Waals surface area (Å²) in [5, 5.41) is 8.80. The molecule has 0 saturated carbocycles. The molecule has 2 rings (SSSR count). The largest absolute Gasteiger partial charge is 0.379 e. The van der Waals surface area contributed by atoms with Crippen molar-refractivity contribution in [2.45, 2.75) is 24.7 Å². The van der Waals surface area contributed by atoms with Crippen molar-refractivity contribution in [3.63, 3.8) is 0 Å². The summed E-state index contributed by atoms with van der Waals surface area (Å²) in [7, 11) is -3.88. The van der Waals surface area contributed by atoms with Crippen LogP contribution in [-0.2, 0) is 16.5 Å². The van der Waals surface area contributed by atoms with Gasteiger partial charge in [-0.05, 0) is 42.3 Å². The molecule has 0 aliphatic rings. The second-order valence-corrected chi connectivity index (χ2v) is 6.12. The van der Waals surface area contributed by atoms with Gasteiger partial charge in [0.05, 0.1) is 11.6 Å². The Labute approximate surface area is 124 Å². The van der Waals surface area contributed by atoms with Gasteiger partial charge in [0.2, 0.25) is 0 Å². The third kappa shape index (κ3) is 3.83.